The SMILES string of the molecule is C=C/C=C\c1c(C)c2c(c3c1C=CCC3)CCC=C2. The van der Waals surface area contributed by atoms with Crippen molar-refractivity contribution in [3.63, 3.8) is 0 Å². The Labute approximate surface area is 115 Å². The van der Waals surface area contributed by atoms with E-state index in [9.17, 15) is 0 Å². The second kappa shape index (κ2) is 5.05. The van der Waals surface area contributed by atoms with E-state index in [1.165, 1.54) is 47.9 Å². The highest BCUT2D eigenvalue weighted by molar-refractivity contribution is 5.79. The second-order valence-corrected chi connectivity index (χ2v) is 5.30. The van der Waals surface area contributed by atoms with Crippen LogP contribution < -0.4 is 0 Å². The van der Waals surface area contributed by atoms with Gasteiger partial charge in [0.25, 0.3) is 0 Å². The number of rotatable bonds is 2. The van der Waals surface area contributed by atoms with E-state index in [1.54, 1.807) is 11.1 Å². The van der Waals surface area contributed by atoms with Crippen LogP contribution in [0.25, 0.3) is 18.2 Å². The first-order chi connectivity index (χ1) is 9.33. The molecular formula is C19H20. The van der Waals surface area contributed by atoms with E-state index in [0.717, 1.165) is 0 Å². The van der Waals surface area contributed by atoms with Crippen molar-refractivity contribution in [1.82, 2.24) is 0 Å². The summed E-state index contributed by atoms with van der Waals surface area (Å²) in [4.78, 5) is 0. The van der Waals surface area contributed by atoms with Gasteiger partial charge in [0.1, 0.15) is 0 Å². The molecule has 96 valence electrons. The Morgan fingerprint density at radius 1 is 1.00 bits per heavy atom. The third-order valence-corrected chi connectivity index (χ3v) is 4.20. The summed E-state index contributed by atoms with van der Waals surface area (Å²) in [7, 11) is 0. The maximum absolute atomic E-state index is 3.79. The van der Waals surface area contributed by atoms with Gasteiger partial charge in [-0.05, 0) is 66.0 Å². The van der Waals surface area contributed by atoms with Gasteiger partial charge >= 0.3 is 0 Å². The molecule has 0 atom stereocenters. The van der Waals surface area contributed by atoms with Crippen LogP contribution in [0, 0.1) is 6.92 Å². The zero-order valence-electron chi connectivity index (χ0n) is 11.6. The minimum absolute atomic E-state index is 1.18. The molecule has 1 aromatic carbocycles. The predicted octanol–water partition coefficient (Wildman–Crippen LogP) is 5.11. The molecule has 0 heteroatoms. The number of hydrogen-bond acceptors (Lipinski definition) is 0. The van der Waals surface area contributed by atoms with Crippen LogP contribution >= 0.6 is 0 Å². The summed E-state index contributed by atoms with van der Waals surface area (Å²) < 4.78 is 0. The van der Waals surface area contributed by atoms with Crippen molar-refractivity contribution in [2.24, 2.45) is 0 Å². The molecule has 0 saturated carbocycles. The van der Waals surface area contributed by atoms with Gasteiger partial charge in [-0.1, -0.05) is 49.1 Å². The standard InChI is InChI=1S/C19H20/c1-3-4-9-15-14(2)16-10-5-6-11-18(16)19-13-8-7-12-17(15)19/h3-5,7,9-10,12H,1,6,8,11,13H2,2H3/b9-4-. The lowest BCUT2D eigenvalue weighted by atomic mass is 9.79. The molecule has 0 spiro atoms. The van der Waals surface area contributed by atoms with Crippen LogP contribution in [0.1, 0.15) is 46.2 Å². The molecule has 0 unspecified atom stereocenters. The molecule has 0 radical (unpaired) electrons. The van der Waals surface area contributed by atoms with Gasteiger partial charge < -0.3 is 0 Å². The molecule has 2 aliphatic rings. The van der Waals surface area contributed by atoms with Crippen LogP contribution in [0.4, 0.5) is 0 Å². The van der Waals surface area contributed by atoms with Gasteiger partial charge in [0.15, 0.2) is 0 Å². The summed E-state index contributed by atoms with van der Waals surface area (Å²) in [6, 6.07) is 0. The fourth-order valence-electron chi connectivity index (χ4n) is 3.28. The van der Waals surface area contributed by atoms with E-state index >= 15 is 0 Å². The number of benzene rings is 1. The fraction of sp³-hybridized carbons (Fsp3) is 0.263. The zero-order chi connectivity index (χ0) is 13.2. The first-order valence-electron chi connectivity index (χ1n) is 7.13. The molecule has 0 saturated heterocycles. The minimum Gasteiger partial charge on any atom is -0.0991 e. The number of hydrogen-bond donors (Lipinski definition) is 0. The lowest BCUT2D eigenvalue weighted by Crippen LogP contribution is -2.09. The fourth-order valence-corrected chi connectivity index (χ4v) is 3.28. The molecule has 0 aliphatic heterocycles. The Balaban J connectivity index is 2.31. The van der Waals surface area contributed by atoms with E-state index in [0.29, 0.717) is 0 Å². The van der Waals surface area contributed by atoms with E-state index in [4.69, 9.17) is 0 Å². The largest absolute Gasteiger partial charge is 0.0991 e. The molecule has 1 aromatic rings. The molecular weight excluding hydrogens is 228 g/mol. The average Bonchev–Trinajstić information content (AvgIpc) is 2.47. The van der Waals surface area contributed by atoms with Gasteiger partial charge in [0, 0.05) is 0 Å². The van der Waals surface area contributed by atoms with E-state index in [-0.39, 0.29) is 0 Å². The molecule has 0 amide bonds. The lowest BCUT2D eigenvalue weighted by Gasteiger charge is -2.25. The molecule has 0 N–H and O–H groups in total. The molecule has 0 bridgehead atoms. The third kappa shape index (κ3) is 2.02. The van der Waals surface area contributed by atoms with Crippen molar-refractivity contribution >= 4 is 18.2 Å². The molecule has 0 nitrogen and oxygen atoms in total. The molecule has 2 aliphatic carbocycles. The van der Waals surface area contributed by atoms with Gasteiger partial charge in [0.05, 0.1) is 0 Å². The minimum atomic E-state index is 1.18. The Morgan fingerprint density at radius 2 is 1.63 bits per heavy atom. The molecule has 0 heterocycles. The first kappa shape index (κ1) is 12.2. The topological polar surface area (TPSA) is 0 Å². The first-order valence-corrected chi connectivity index (χ1v) is 7.13. The summed E-state index contributed by atoms with van der Waals surface area (Å²) in [6.45, 7) is 6.04. The summed E-state index contributed by atoms with van der Waals surface area (Å²) in [5, 5.41) is 0. The van der Waals surface area contributed by atoms with Crippen LogP contribution in [0.2, 0.25) is 0 Å². The summed E-state index contributed by atoms with van der Waals surface area (Å²) >= 11 is 0. The second-order valence-electron chi connectivity index (χ2n) is 5.30. The van der Waals surface area contributed by atoms with Crippen molar-refractivity contribution in [2.75, 3.05) is 0 Å². The van der Waals surface area contributed by atoms with Crippen LogP contribution in [-0.4, -0.2) is 0 Å². The maximum Gasteiger partial charge on any atom is -0.0146 e. The van der Waals surface area contributed by atoms with Gasteiger partial charge in [-0.15, -0.1) is 0 Å². The van der Waals surface area contributed by atoms with Crippen LogP contribution in [0.15, 0.2) is 30.9 Å². The van der Waals surface area contributed by atoms with Crippen molar-refractivity contribution in [3.05, 3.63) is 64.3 Å². The normalized spacial score (nSPS) is 16.5. The van der Waals surface area contributed by atoms with Crippen LogP contribution in [-0.2, 0) is 12.8 Å². The lowest BCUT2D eigenvalue weighted by molar-refractivity contribution is 0.901. The number of allylic oxidation sites excluding steroid dienone is 4. The monoisotopic (exact) mass is 248 g/mol. The van der Waals surface area contributed by atoms with E-state index in [1.807, 2.05) is 12.2 Å². The molecule has 3 rings (SSSR count). The van der Waals surface area contributed by atoms with Gasteiger partial charge in [0.2, 0.25) is 0 Å². The average molecular weight is 248 g/mol. The predicted molar refractivity (Wildman–Crippen MR) is 85.1 cm³/mol. The van der Waals surface area contributed by atoms with Crippen LogP contribution in [0.3, 0.4) is 0 Å². The summed E-state index contributed by atoms with van der Waals surface area (Å²) in [5.41, 5.74) is 8.86. The molecule has 0 fully saturated rings. The van der Waals surface area contributed by atoms with Crippen molar-refractivity contribution in [2.45, 2.75) is 32.6 Å². The van der Waals surface area contributed by atoms with Crippen molar-refractivity contribution in [1.29, 1.82) is 0 Å². The van der Waals surface area contributed by atoms with Gasteiger partial charge in [-0.25, -0.2) is 0 Å². The smallest absolute Gasteiger partial charge is 0.0146 e. The maximum atomic E-state index is 3.79. The number of fused-ring (bicyclic) bond motifs is 3. The van der Waals surface area contributed by atoms with Gasteiger partial charge in [-0.2, -0.15) is 0 Å². The Kier molecular flexibility index (Phi) is 3.25. The summed E-state index contributed by atoms with van der Waals surface area (Å²) in [5.74, 6) is 0. The highest BCUT2D eigenvalue weighted by atomic mass is 14.2. The van der Waals surface area contributed by atoms with E-state index in [2.05, 4.69) is 43.9 Å². The van der Waals surface area contributed by atoms with E-state index < -0.39 is 0 Å². The molecule has 19 heavy (non-hydrogen) atoms. The van der Waals surface area contributed by atoms with Crippen molar-refractivity contribution < 1.29 is 0 Å². The zero-order valence-corrected chi connectivity index (χ0v) is 11.6. The third-order valence-electron chi connectivity index (χ3n) is 4.20. The van der Waals surface area contributed by atoms with Crippen molar-refractivity contribution in [3.8, 4) is 0 Å². The quantitative estimate of drug-likeness (QED) is 0.638. The van der Waals surface area contributed by atoms with Gasteiger partial charge in [-0.3, -0.25) is 0 Å². The highest BCUT2D eigenvalue weighted by Gasteiger charge is 2.20. The molecule has 0 aromatic heterocycles. The Morgan fingerprint density at radius 3 is 2.32 bits per heavy atom. The van der Waals surface area contributed by atoms with Crippen LogP contribution in [0.5, 0.6) is 0 Å². The Hall–Kier alpha value is -1.82. The Bertz CT molecular complexity index is 610. The highest BCUT2D eigenvalue weighted by Crippen LogP contribution is 2.36. The summed E-state index contributed by atoms with van der Waals surface area (Å²) in [6.07, 6.45) is 20.1.